The van der Waals surface area contributed by atoms with E-state index in [0.717, 1.165) is 35.8 Å². The Balaban J connectivity index is 1.67. The molecule has 3 aromatic rings. The second-order valence-corrected chi connectivity index (χ2v) is 7.18. The molecule has 3 aromatic carbocycles. The molecule has 31 heavy (non-hydrogen) atoms. The van der Waals surface area contributed by atoms with Gasteiger partial charge in [-0.1, -0.05) is 31.5 Å². The summed E-state index contributed by atoms with van der Waals surface area (Å²) in [6.45, 7) is 2.77. The van der Waals surface area contributed by atoms with Crippen molar-refractivity contribution in [1.29, 1.82) is 0 Å². The van der Waals surface area contributed by atoms with Gasteiger partial charge in [-0.15, -0.1) is 0 Å². The van der Waals surface area contributed by atoms with Gasteiger partial charge in [0.2, 0.25) is 0 Å². The molecule has 3 N–H and O–H groups in total. The summed E-state index contributed by atoms with van der Waals surface area (Å²) in [7, 11) is 0. The van der Waals surface area contributed by atoms with Crippen LogP contribution in [0.15, 0.2) is 54.6 Å². The van der Waals surface area contributed by atoms with Crippen LogP contribution in [0, 0.1) is 0 Å². The summed E-state index contributed by atoms with van der Waals surface area (Å²) in [4.78, 5) is 23.0. The van der Waals surface area contributed by atoms with Crippen molar-refractivity contribution >= 4 is 23.3 Å². The van der Waals surface area contributed by atoms with Gasteiger partial charge in [0.05, 0.1) is 29.1 Å². The van der Waals surface area contributed by atoms with Crippen molar-refractivity contribution in [2.75, 3.05) is 11.9 Å². The Bertz CT molecular complexity index is 1170. The molecule has 7 heteroatoms. The second kappa shape index (κ2) is 8.39. The SMILES string of the molecule is CCCCOc1cccc(-c2ccc3c(c2)Oc2cc(C(=O)O)cc(C(=O)O)c2N3)c1. The van der Waals surface area contributed by atoms with Gasteiger partial charge in [-0.3, -0.25) is 0 Å². The number of nitrogens with one attached hydrogen (secondary N) is 1. The molecule has 0 saturated carbocycles. The Morgan fingerprint density at radius 2 is 1.77 bits per heavy atom. The van der Waals surface area contributed by atoms with Crippen molar-refractivity contribution in [2.24, 2.45) is 0 Å². The number of hydrogen-bond acceptors (Lipinski definition) is 5. The van der Waals surface area contributed by atoms with E-state index < -0.39 is 11.9 Å². The molecular formula is C24H21NO6. The van der Waals surface area contributed by atoms with Gasteiger partial charge in [0.15, 0.2) is 11.5 Å². The van der Waals surface area contributed by atoms with Gasteiger partial charge in [0.25, 0.3) is 0 Å². The number of carboxylic acid groups (broad SMARTS) is 2. The fourth-order valence-electron chi connectivity index (χ4n) is 3.36. The summed E-state index contributed by atoms with van der Waals surface area (Å²) in [5, 5.41) is 21.9. The maximum absolute atomic E-state index is 11.6. The molecule has 7 nitrogen and oxygen atoms in total. The van der Waals surface area contributed by atoms with Crippen molar-refractivity contribution in [3.8, 4) is 28.4 Å². The van der Waals surface area contributed by atoms with Gasteiger partial charge in [0.1, 0.15) is 5.75 Å². The third kappa shape index (κ3) is 4.16. The normalized spacial score (nSPS) is 11.5. The van der Waals surface area contributed by atoms with Gasteiger partial charge >= 0.3 is 11.9 Å². The standard InChI is InChI=1S/C24H21NO6/c1-2-3-9-30-17-6-4-5-14(10-17)15-7-8-19-20(12-15)31-21-13-16(23(26)27)11-18(24(28)29)22(21)25-19/h4-8,10-13,25H,2-3,9H2,1H3,(H,26,27)(H,28,29). The molecule has 0 radical (unpaired) electrons. The first kappa shape index (κ1) is 20.3. The van der Waals surface area contributed by atoms with Crippen LogP contribution >= 0.6 is 0 Å². The highest BCUT2D eigenvalue weighted by Crippen LogP contribution is 2.45. The highest BCUT2D eigenvalue weighted by molar-refractivity contribution is 6.02. The van der Waals surface area contributed by atoms with Crippen LogP contribution in [0.2, 0.25) is 0 Å². The van der Waals surface area contributed by atoms with E-state index in [4.69, 9.17) is 9.47 Å². The predicted molar refractivity (Wildman–Crippen MR) is 116 cm³/mol. The van der Waals surface area contributed by atoms with Crippen LogP contribution in [0.3, 0.4) is 0 Å². The lowest BCUT2D eigenvalue weighted by Crippen LogP contribution is -2.11. The number of benzene rings is 3. The fraction of sp³-hybridized carbons (Fsp3) is 0.167. The van der Waals surface area contributed by atoms with E-state index in [1.165, 1.54) is 6.07 Å². The second-order valence-electron chi connectivity index (χ2n) is 7.18. The number of fused-ring (bicyclic) bond motifs is 2. The average Bonchev–Trinajstić information content (AvgIpc) is 2.76. The van der Waals surface area contributed by atoms with Crippen molar-refractivity contribution in [3.05, 3.63) is 65.7 Å². The molecule has 0 atom stereocenters. The summed E-state index contributed by atoms with van der Waals surface area (Å²) >= 11 is 0. The van der Waals surface area contributed by atoms with E-state index in [2.05, 4.69) is 12.2 Å². The van der Waals surface area contributed by atoms with E-state index in [1.807, 2.05) is 36.4 Å². The first-order valence-corrected chi connectivity index (χ1v) is 9.93. The van der Waals surface area contributed by atoms with Crippen LogP contribution in [0.25, 0.3) is 11.1 Å². The number of aromatic carboxylic acids is 2. The van der Waals surface area contributed by atoms with Gasteiger partial charge in [-0.2, -0.15) is 0 Å². The lowest BCUT2D eigenvalue weighted by Gasteiger charge is -2.24. The summed E-state index contributed by atoms with van der Waals surface area (Å²) in [5.74, 6) is -1.06. The molecular weight excluding hydrogens is 398 g/mol. The Hall–Kier alpha value is -4.00. The molecule has 1 aliphatic heterocycles. The topological polar surface area (TPSA) is 105 Å². The quantitative estimate of drug-likeness (QED) is 0.326. The first-order valence-electron chi connectivity index (χ1n) is 9.93. The smallest absolute Gasteiger partial charge is 0.337 e. The number of carboxylic acids is 2. The Morgan fingerprint density at radius 1 is 0.968 bits per heavy atom. The van der Waals surface area contributed by atoms with Crippen LogP contribution in [0.5, 0.6) is 17.2 Å². The largest absolute Gasteiger partial charge is 0.494 e. The minimum Gasteiger partial charge on any atom is -0.494 e. The molecule has 0 amide bonds. The van der Waals surface area contributed by atoms with Crippen LogP contribution < -0.4 is 14.8 Å². The van der Waals surface area contributed by atoms with Crippen LogP contribution in [-0.4, -0.2) is 28.8 Å². The van der Waals surface area contributed by atoms with Crippen molar-refractivity contribution in [1.82, 2.24) is 0 Å². The molecule has 0 bridgehead atoms. The molecule has 0 spiro atoms. The Labute approximate surface area is 178 Å². The zero-order valence-corrected chi connectivity index (χ0v) is 16.8. The molecule has 1 aliphatic rings. The van der Waals surface area contributed by atoms with Crippen molar-refractivity contribution in [3.63, 3.8) is 0 Å². The van der Waals surface area contributed by atoms with E-state index in [0.29, 0.717) is 18.0 Å². The zero-order chi connectivity index (χ0) is 22.0. The molecule has 1 heterocycles. The van der Waals surface area contributed by atoms with Gasteiger partial charge in [-0.05, 0) is 53.9 Å². The van der Waals surface area contributed by atoms with E-state index >= 15 is 0 Å². The monoisotopic (exact) mass is 419 g/mol. The first-order chi connectivity index (χ1) is 15.0. The number of anilines is 2. The lowest BCUT2D eigenvalue weighted by molar-refractivity contribution is 0.0696. The molecule has 0 fully saturated rings. The molecule has 158 valence electrons. The van der Waals surface area contributed by atoms with Gasteiger partial charge < -0.3 is 25.0 Å². The van der Waals surface area contributed by atoms with Crippen molar-refractivity contribution in [2.45, 2.75) is 19.8 Å². The van der Waals surface area contributed by atoms with Crippen LogP contribution in [0.1, 0.15) is 40.5 Å². The summed E-state index contributed by atoms with van der Waals surface area (Å²) < 4.78 is 11.7. The third-order valence-corrected chi connectivity index (χ3v) is 4.97. The molecule has 0 aliphatic carbocycles. The van der Waals surface area contributed by atoms with Gasteiger partial charge in [-0.25, -0.2) is 9.59 Å². The summed E-state index contributed by atoms with van der Waals surface area (Å²) in [5.41, 5.74) is 2.33. The zero-order valence-electron chi connectivity index (χ0n) is 16.8. The molecule has 0 unspecified atom stereocenters. The van der Waals surface area contributed by atoms with Gasteiger partial charge in [0, 0.05) is 0 Å². The summed E-state index contributed by atoms with van der Waals surface area (Å²) in [6, 6.07) is 15.7. The number of unbranched alkanes of at least 4 members (excludes halogenated alkanes) is 1. The van der Waals surface area contributed by atoms with Crippen LogP contribution in [0.4, 0.5) is 11.4 Å². The van der Waals surface area contributed by atoms with E-state index in [1.54, 1.807) is 6.07 Å². The Kier molecular flexibility index (Phi) is 5.49. The average molecular weight is 419 g/mol. The Morgan fingerprint density at radius 3 is 2.52 bits per heavy atom. The molecule has 0 aromatic heterocycles. The maximum Gasteiger partial charge on any atom is 0.337 e. The number of carbonyl (C=O) groups is 2. The fourth-order valence-corrected chi connectivity index (χ4v) is 3.36. The molecule has 0 saturated heterocycles. The van der Waals surface area contributed by atoms with Crippen molar-refractivity contribution < 1.29 is 29.3 Å². The minimum absolute atomic E-state index is 0.151. The van der Waals surface area contributed by atoms with E-state index in [-0.39, 0.29) is 22.6 Å². The van der Waals surface area contributed by atoms with Crippen LogP contribution in [-0.2, 0) is 0 Å². The number of hydrogen-bond donors (Lipinski definition) is 3. The molecule has 4 rings (SSSR count). The predicted octanol–water partition coefficient (Wildman–Crippen LogP) is 5.78. The highest BCUT2D eigenvalue weighted by atomic mass is 16.5. The number of rotatable bonds is 7. The number of ether oxygens (including phenoxy) is 2. The highest BCUT2D eigenvalue weighted by Gasteiger charge is 2.25. The summed E-state index contributed by atoms with van der Waals surface area (Å²) in [6.07, 6.45) is 2.04. The lowest BCUT2D eigenvalue weighted by atomic mass is 10.0. The van der Waals surface area contributed by atoms with E-state index in [9.17, 15) is 19.8 Å². The maximum atomic E-state index is 11.6. The third-order valence-electron chi connectivity index (χ3n) is 4.97. The minimum atomic E-state index is -1.24.